The van der Waals surface area contributed by atoms with Crippen molar-refractivity contribution >= 4 is 69.3 Å². The van der Waals surface area contributed by atoms with Gasteiger partial charge in [0.1, 0.15) is 16.6 Å². The van der Waals surface area contributed by atoms with Gasteiger partial charge in [0.25, 0.3) is 11.8 Å². The van der Waals surface area contributed by atoms with Crippen molar-refractivity contribution in [1.29, 1.82) is 0 Å². The third-order valence-electron chi connectivity index (χ3n) is 5.26. The number of amides is 2. The van der Waals surface area contributed by atoms with E-state index in [-0.39, 0.29) is 18.4 Å². The highest BCUT2D eigenvalue weighted by atomic mass is 32.2. The van der Waals surface area contributed by atoms with Gasteiger partial charge in [-0.25, -0.2) is 0 Å². The summed E-state index contributed by atoms with van der Waals surface area (Å²) >= 11 is 8.30. The largest absolute Gasteiger partial charge is 0.497 e. The molecule has 2 aliphatic heterocycles. The van der Waals surface area contributed by atoms with Crippen molar-refractivity contribution in [2.45, 2.75) is 9.79 Å². The number of thioether (sulfide) groups is 1. The SMILES string of the molecule is COc1ccc(C=C2SC(=S)N(CC(=O)N3c4ccccc4Sc4ccccc43)C2=O)cc1. The average Bonchev–Trinajstić information content (AvgIpc) is 3.10. The zero-order valence-electron chi connectivity index (χ0n) is 17.6. The summed E-state index contributed by atoms with van der Waals surface area (Å²) in [6, 6.07) is 23.0. The van der Waals surface area contributed by atoms with Gasteiger partial charge in [-0.05, 0) is 48.0 Å². The Morgan fingerprint density at radius 3 is 2.15 bits per heavy atom. The first-order valence-corrected chi connectivity index (χ1v) is 12.2. The van der Waals surface area contributed by atoms with E-state index >= 15 is 0 Å². The molecule has 0 unspecified atom stereocenters. The van der Waals surface area contributed by atoms with Gasteiger partial charge in [0.05, 0.1) is 23.4 Å². The number of thiocarbonyl (C=S) groups is 1. The minimum atomic E-state index is -0.262. The summed E-state index contributed by atoms with van der Waals surface area (Å²) in [6.45, 7) is -0.127. The monoisotopic (exact) mass is 490 g/mol. The molecular formula is C25H18N2O3S3. The first-order valence-electron chi connectivity index (χ1n) is 10.1. The van der Waals surface area contributed by atoms with Crippen LogP contribution < -0.4 is 9.64 Å². The molecule has 0 aliphatic carbocycles. The van der Waals surface area contributed by atoms with E-state index in [0.717, 1.165) is 32.5 Å². The molecule has 8 heteroatoms. The van der Waals surface area contributed by atoms with Crippen molar-refractivity contribution in [3.05, 3.63) is 83.3 Å². The molecule has 1 fully saturated rings. The Bertz CT molecular complexity index is 1260. The molecule has 0 spiro atoms. The standard InChI is InChI=1S/C25H18N2O3S3/c1-30-17-12-10-16(11-13-17)14-22-24(29)26(25(31)33-22)15-23(28)27-18-6-2-4-8-20(18)32-21-9-5-3-7-19(21)27/h2-14H,15H2,1H3. The molecule has 0 atom stereocenters. The lowest BCUT2D eigenvalue weighted by atomic mass is 10.2. The van der Waals surface area contributed by atoms with E-state index in [9.17, 15) is 9.59 Å². The van der Waals surface area contributed by atoms with Gasteiger partial charge in [-0.15, -0.1) is 0 Å². The van der Waals surface area contributed by atoms with Crippen LogP contribution in [-0.4, -0.2) is 34.7 Å². The molecule has 33 heavy (non-hydrogen) atoms. The number of fused-ring (bicyclic) bond motifs is 2. The summed E-state index contributed by atoms with van der Waals surface area (Å²) in [6.07, 6.45) is 1.78. The van der Waals surface area contributed by atoms with Crippen molar-refractivity contribution in [2.75, 3.05) is 18.6 Å². The van der Waals surface area contributed by atoms with Gasteiger partial charge in [0.15, 0.2) is 0 Å². The topological polar surface area (TPSA) is 49.9 Å². The van der Waals surface area contributed by atoms with Crippen LogP contribution in [0.15, 0.2) is 87.5 Å². The molecule has 0 saturated carbocycles. The number of hydrogen-bond donors (Lipinski definition) is 0. The number of nitrogens with zero attached hydrogens (tertiary/aromatic N) is 2. The second-order valence-corrected chi connectivity index (χ2v) is 10.1. The lowest BCUT2D eigenvalue weighted by molar-refractivity contribution is -0.127. The summed E-state index contributed by atoms with van der Waals surface area (Å²) in [7, 11) is 1.61. The van der Waals surface area contributed by atoms with Crippen LogP contribution in [0.2, 0.25) is 0 Å². The van der Waals surface area contributed by atoms with Gasteiger partial charge in [0.2, 0.25) is 0 Å². The van der Waals surface area contributed by atoms with Crippen LogP contribution in [0.4, 0.5) is 11.4 Å². The minimum Gasteiger partial charge on any atom is -0.497 e. The highest BCUT2D eigenvalue weighted by molar-refractivity contribution is 8.26. The van der Waals surface area contributed by atoms with E-state index in [1.54, 1.807) is 29.8 Å². The van der Waals surface area contributed by atoms with E-state index < -0.39 is 0 Å². The van der Waals surface area contributed by atoms with Gasteiger partial charge in [-0.1, -0.05) is 72.1 Å². The molecule has 3 aromatic rings. The molecule has 2 aliphatic rings. The Morgan fingerprint density at radius 2 is 1.55 bits per heavy atom. The van der Waals surface area contributed by atoms with Crippen molar-refractivity contribution in [3.8, 4) is 5.75 Å². The fourth-order valence-electron chi connectivity index (χ4n) is 3.67. The number of hydrogen-bond acceptors (Lipinski definition) is 6. The molecule has 2 heterocycles. The van der Waals surface area contributed by atoms with Gasteiger partial charge < -0.3 is 4.74 Å². The summed E-state index contributed by atoms with van der Waals surface area (Å²) in [5.41, 5.74) is 2.48. The Hall–Kier alpha value is -3.07. The Labute approximate surface area is 205 Å². The fraction of sp³-hybridized carbons (Fsp3) is 0.0800. The maximum absolute atomic E-state index is 13.5. The van der Waals surface area contributed by atoms with Gasteiger partial charge in [0, 0.05) is 9.79 Å². The highest BCUT2D eigenvalue weighted by Gasteiger charge is 2.36. The Kier molecular flexibility index (Phi) is 5.97. The molecule has 3 aromatic carbocycles. The molecule has 0 radical (unpaired) electrons. The molecule has 164 valence electrons. The van der Waals surface area contributed by atoms with E-state index in [1.807, 2.05) is 72.8 Å². The molecular weight excluding hydrogens is 472 g/mol. The van der Waals surface area contributed by atoms with Crippen LogP contribution in [0, 0.1) is 0 Å². The van der Waals surface area contributed by atoms with Crippen LogP contribution in [0.5, 0.6) is 5.75 Å². The number of ether oxygens (including phenoxy) is 1. The van der Waals surface area contributed by atoms with E-state index in [2.05, 4.69) is 0 Å². The summed E-state index contributed by atoms with van der Waals surface area (Å²) in [5, 5.41) is 0. The summed E-state index contributed by atoms with van der Waals surface area (Å²) in [5.74, 6) is 0.268. The molecule has 1 saturated heterocycles. The van der Waals surface area contributed by atoms with Gasteiger partial charge >= 0.3 is 0 Å². The molecule has 2 amide bonds. The molecule has 5 rings (SSSR count). The zero-order valence-corrected chi connectivity index (χ0v) is 20.0. The second kappa shape index (κ2) is 9.05. The van der Waals surface area contributed by atoms with Crippen LogP contribution in [0.25, 0.3) is 6.08 Å². The van der Waals surface area contributed by atoms with Gasteiger partial charge in [-0.2, -0.15) is 0 Å². The quantitative estimate of drug-likeness (QED) is 0.344. The number of carbonyl (C=O) groups excluding carboxylic acids is 2. The maximum Gasteiger partial charge on any atom is 0.266 e. The smallest absolute Gasteiger partial charge is 0.266 e. The first kappa shape index (κ1) is 21.8. The highest BCUT2D eigenvalue weighted by Crippen LogP contribution is 2.48. The third-order valence-corrected chi connectivity index (χ3v) is 7.77. The minimum absolute atomic E-state index is 0.127. The van der Waals surface area contributed by atoms with E-state index in [1.165, 1.54) is 16.7 Å². The lowest BCUT2D eigenvalue weighted by Crippen LogP contribution is -2.41. The van der Waals surface area contributed by atoms with Crippen LogP contribution in [0.3, 0.4) is 0 Å². The number of methoxy groups -OCH3 is 1. The summed E-state index contributed by atoms with van der Waals surface area (Å²) in [4.78, 5) is 32.2. The van der Waals surface area contributed by atoms with Crippen LogP contribution >= 0.6 is 35.7 Å². The predicted molar refractivity (Wildman–Crippen MR) is 137 cm³/mol. The second-order valence-electron chi connectivity index (χ2n) is 7.31. The third kappa shape index (κ3) is 4.17. The Balaban J connectivity index is 1.41. The zero-order chi connectivity index (χ0) is 22.9. The van der Waals surface area contributed by atoms with E-state index in [4.69, 9.17) is 17.0 Å². The van der Waals surface area contributed by atoms with Crippen molar-refractivity contribution < 1.29 is 14.3 Å². The molecule has 0 bridgehead atoms. The van der Waals surface area contributed by atoms with Crippen molar-refractivity contribution in [3.63, 3.8) is 0 Å². The maximum atomic E-state index is 13.5. The average molecular weight is 491 g/mol. The number of para-hydroxylation sites is 2. The van der Waals surface area contributed by atoms with Crippen molar-refractivity contribution in [2.24, 2.45) is 0 Å². The van der Waals surface area contributed by atoms with E-state index in [0.29, 0.717) is 9.23 Å². The van der Waals surface area contributed by atoms with Crippen LogP contribution in [-0.2, 0) is 9.59 Å². The first-order chi connectivity index (χ1) is 16.0. The normalized spacial score (nSPS) is 16.1. The molecule has 0 aromatic heterocycles. The lowest BCUT2D eigenvalue weighted by Gasteiger charge is -2.32. The Morgan fingerprint density at radius 1 is 0.939 bits per heavy atom. The predicted octanol–water partition coefficient (Wildman–Crippen LogP) is 5.73. The number of rotatable bonds is 4. The number of carbonyl (C=O) groups is 2. The number of anilines is 2. The summed E-state index contributed by atoms with van der Waals surface area (Å²) < 4.78 is 5.56. The molecule has 0 N–H and O–H groups in total. The fourth-order valence-corrected chi connectivity index (χ4v) is 5.98. The van der Waals surface area contributed by atoms with Crippen molar-refractivity contribution in [1.82, 2.24) is 4.90 Å². The van der Waals surface area contributed by atoms with Gasteiger partial charge in [-0.3, -0.25) is 19.4 Å². The van der Waals surface area contributed by atoms with Crippen LogP contribution in [0.1, 0.15) is 5.56 Å². The molecule has 5 nitrogen and oxygen atoms in total. The number of benzene rings is 3.